The quantitative estimate of drug-likeness (QED) is 0.793. The van der Waals surface area contributed by atoms with Crippen molar-refractivity contribution in [2.45, 2.75) is 18.7 Å². The lowest BCUT2D eigenvalue weighted by atomic mass is 10.2. The van der Waals surface area contributed by atoms with Gasteiger partial charge in [-0.15, -0.1) is 0 Å². The molecular formula is C16H16N2O4S. The second-order valence-corrected chi connectivity index (χ2v) is 6.83. The van der Waals surface area contributed by atoms with Crippen molar-refractivity contribution >= 4 is 26.8 Å². The Morgan fingerprint density at radius 1 is 1.13 bits per heavy atom. The van der Waals surface area contributed by atoms with Crippen molar-refractivity contribution in [3.8, 4) is 5.75 Å². The van der Waals surface area contributed by atoms with Gasteiger partial charge < -0.3 is 9.15 Å². The molecule has 0 spiro atoms. The largest absolute Gasteiger partial charge is 0.496 e. The molecule has 0 aliphatic rings. The van der Waals surface area contributed by atoms with Crippen LogP contribution in [0.3, 0.4) is 0 Å². The minimum Gasteiger partial charge on any atom is -0.496 e. The van der Waals surface area contributed by atoms with Crippen LogP contribution in [0.5, 0.6) is 5.75 Å². The van der Waals surface area contributed by atoms with E-state index in [-0.39, 0.29) is 4.90 Å². The topological polar surface area (TPSA) is 81.4 Å². The minimum absolute atomic E-state index is 0.173. The molecular weight excluding hydrogens is 316 g/mol. The molecule has 3 rings (SSSR count). The number of hydrogen-bond donors (Lipinski definition) is 1. The van der Waals surface area contributed by atoms with Crippen LogP contribution < -0.4 is 9.46 Å². The molecule has 1 N–H and O–H groups in total. The lowest BCUT2D eigenvalue weighted by molar-refractivity contribution is 0.411. The van der Waals surface area contributed by atoms with Gasteiger partial charge in [-0.1, -0.05) is 0 Å². The first kappa shape index (κ1) is 15.4. The summed E-state index contributed by atoms with van der Waals surface area (Å²) in [5.74, 6) is 1.18. The average Bonchev–Trinajstić information content (AvgIpc) is 2.86. The van der Waals surface area contributed by atoms with Crippen molar-refractivity contribution in [2.75, 3.05) is 11.8 Å². The van der Waals surface area contributed by atoms with Gasteiger partial charge in [-0.3, -0.25) is 4.72 Å². The molecule has 23 heavy (non-hydrogen) atoms. The summed E-state index contributed by atoms with van der Waals surface area (Å²) in [6.45, 7) is 3.53. The van der Waals surface area contributed by atoms with Crippen LogP contribution in [0, 0.1) is 13.8 Å². The fraction of sp³-hybridized carbons (Fsp3) is 0.188. The number of aromatic nitrogens is 1. The highest BCUT2D eigenvalue weighted by Crippen LogP contribution is 2.25. The number of aryl methyl sites for hydroxylation is 2. The zero-order chi connectivity index (χ0) is 16.6. The predicted octanol–water partition coefficient (Wildman–Crippen LogP) is 3.25. The highest BCUT2D eigenvalue weighted by molar-refractivity contribution is 7.92. The second kappa shape index (κ2) is 5.58. The highest BCUT2D eigenvalue weighted by atomic mass is 32.2. The van der Waals surface area contributed by atoms with Gasteiger partial charge in [0.15, 0.2) is 11.5 Å². The zero-order valence-electron chi connectivity index (χ0n) is 13.0. The number of nitrogens with zero attached hydrogens (tertiary/aromatic N) is 1. The molecule has 0 radical (unpaired) electrons. The highest BCUT2D eigenvalue weighted by Gasteiger charge is 2.16. The van der Waals surface area contributed by atoms with Gasteiger partial charge in [-0.25, -0.2) is 13.4 Å². The molecule has 0 aliphatic carbocycles. The Kier molecular flexibility index (Phi) is 3.73. The van der Waals surface area contributed by atoms with Crippen LogP contribution in [-0.4, -0.2) is 20.5 Å². The first-order valence-corrected chi connectivity index (χ1v) is 8.42. The maximum absolute atomic E-state index is 12.5. The normalized spacial score (nSPS) is 11.6. The van der Waals surface area contributed by atoms with E-state index in [4.69, 9.17) is 9.15 Å². The summed E-state index contributed by atoms with van der Waals surface area (Å²) in [4.78, 5) is 4.37. The summed E-state index contributed by atoms with van der Waals surface area (Å²) in [6, 6.07) is 9.67. The number of sulfonamides is 1. The molecule has 0 bridgehead atoms. The van der Waals surface area contributed by atoms with Gasteiger partial charge in [-0.05, 0) is 48.9 Å². The van der Waals surface area contributed by atoms with Crippen LogP contribution in [0.15, 0.2) is 45.7 Å². The van der Waals surface area contributed by atoms with Crippen molar-refractivity contribution in [3.63, 3.8) is 0 Å². The van der Waals surface area contributed by atoms with E-state index in [9.17, 15) is 8.42 Å². The van der Waals surface area contributed by atoms with E-state index in [2.05, 4.69) is 9.71 Å². The van der Waals surface area contributed by atoms with Crippen molar-refractivity contribution in [1.29, 1.82) is 0 Å². The molecule has 0 amide bonds. The lowest BCUT2D eigenvalue weighted by Gasteiger charge is -2.10. The van der Waals surface area contributed by atoms with Crippen LogP contribution in [0.25, 0.3) is 11.1 Å². The van der Waals surface area contributed by atoms with E-state index >= 15 is 0 Å². The third-order valence-corrected chi connectivity index (χ3v) is 4.80. The summed E-state index contributed by atoms with van der Waals surface area (Å²) in [5, 5.41) is 0. The maximum Gasteiger partial charge on any atom is 0.261 e. The zero-order valence-corrected chi connectivity index (χ0v) is 13.8. The summed E-state index contributed by atoms with van der Waals surface area (Å²) in [5.41, 5.74) is 2.40. The van der Waals surface area contributed by atoms with Crippen molar-refractivity contribution in [3.05, 3.63) is 47.9 Å². The van der Waals surface area contributed by atoms with Gasteiger partial charge in [0.05, 0.1) is 17.7 Å². The first-order valence-electron chi connectivity index (χ1n) is 6.94. The van der Waals surface area contributed by atoms with E-state index in [0.29, 0.717) is 28.4 Å². The Bertz CT molecular complexity index is 977. The van der Waals surface area contributed by atoms with E-state index in [1.165, 1.54) is 6.07 Å². The Labute approximate surface area is 134 Å². The molecule has 1 heterocycles. The summed E-state index contributed by atoms with van der Waals surface area (Å²) >= 11 is 0. The number of fused-ring (bicyclic) bond motifs is 1. The molecule has 0 fully saturated rings. The monoisotopic (exact) mass is 332 g/mol. The fourth-order valence-electron chi connectivity index (χ4n) is 2.34. The average molecular weight is 332 g/mol. The summed E-state index contributed by atoms with van der Waals surface area (Å²) in [7, 11) is -2.14. The molecule has 0 atom stereocenters. The molecule has 0 unspecified atom stereocenters. The number of benzene rings is 2. The Morgan fingerprint density at radius 2 is 1.91 bits per heavy atom. The molecule has 7 heteroatoms. The van der Waals surface area contributed by atoms with Crippen LogP contribution >= 0.6 is 0 Å². The number of rotatable bonds is 4. The number of anilines is 1. The van der Waals surface area contributed by atoms with Crippen molar-refractivity contribution in [2.24, 2.45) is 0 Å². The molecule has 2 aromatic carbocycles. The van der Waals surface area contributed by atoms with Crippen LogP contribution in [-0.2, 0) is 10.0 Å². The van der Waals surface area contributed by atoms with Crippen LogP contribution in [0.2, 0.25) is 0 Å². The van der Waals surface area contributed by atoms with E-state index in [1.807, 2.05) is 0 Å². The van der Waals surface area contributed by atoms with Gasteiger partial charge >= 0.3 is 0 Å². The number of oxazole rings is 1. The summed E-state index contributed by atoms with van der Waals surface area (Å²) < 4.78 is 38.1. The molecule has 6 nitrogen and oxygen atoms in total. The molecule has 0 saturated carbocycles. The molecule has 1 aromatic heterocycles. The van der Waals surface area contributed by atoms with E-state index < -0.39 is 10.0 Å². The predicted molar refractivity (Wildman–Crippen MR) is 87.3 cm³/mol. The van der Waals surface area contributed by atoms with E-state index in [1.54, 1.807) is 51.3 Å². The third-order valence-electron chi connectivity index (χ3n) is 3.42. The Hall–Kier alpha value is -2.54. The number of ether oxygens (including phenoxy) is 1. The first-order chi connectivity index (χ1) is 10.9. The second-order valence-electron chi connectivity index (χ2n) is 5.15. The molecule has 0 saturated heterocycles. The lowest BCUT2D eigenvalue weighted by Crippen LogP contribution is -2.13. The minimum atomic E-state index is -3.69. The third kappa shape index (κ3) is 3.00. The van der Waals surface area contributed by atoms with Gasteiger partial charge in [0, 0.05) is 6.92 Å². The Balaban J connectivity index is 1.94. The van der Waals surface area contributed by atoms with Gasteiger partial charge in [0.2, 0.25) is 0 Å². The number of hydrogen-bond acceptors (Lipinski definition) is 5. The van der Waals surface area contributed by atoms with Gasteiger partial charge in [0.25, 0.3) is 10.0 Å². The SMILES string of the molecule is COc1ccc(S(=O)(=O)Nc2ccc3oc(C)nc3c2)cc1C. The van der Waals surface area contributed by atoms with Crippen LogP contribution in [0.1, 0.15) is 11.5 Å². The molecule has 120 valence electrons. The maximum atomic E-state index is 12.5. The van der Waals surface area contributed by atoms with Gasteiger partial charge in [-0.2, -0.15) is 0 Å². The summed E-state index contributed by atoms with van der Waals surface area (Å²) in [6.07, 6.45) is 0. The fourth-order valence-corrected chi connectivity index (χ4v) is 3.47. The number of methoxy groups -OCH3 is 1. The van der Waals surface area contributed by atoms with Crippen molar-refractivity contribution in [1.82, 2.24) is 4.98 Å². The van der Waals surface area contributed by atoms with Gasteiger partial charge in [0.1, 0.15) is 11.3 Å². The Morgan fingerprint density at radius 3 is 2.61 bits per heavy atom. The van der Waals surface area contributed by atoms with Crippen LogP contribution in [0.4, 0.5) is 5.69 Å². The van der Waals surface area contributed by atoms with Crippen molar-refractivity contribution < 1.29 is 17.6 Å². The molecule has 3 aromatic rings. The standard InChI is InChI=1S/C16H16N2O4S/c1-10-8-13(5-7-15(10)21-3)23(19,20)18-12-4-6-16-14(9-12)17-11(2)22-16/h4-9,18H,1-3H3. The number of nitrogens with one attached hydrogen (secondary N) is 1. The molecule has 0 aliphatic heterocycles. The smallest absolute Gasteiger partial charge is 0.261 e. The van der Waals surface area contributed by atoms with E-state index in [0.717, 1.165) is 5.56 Å².